The summed E-state index contributed by atoms with van der Waals surface area (Å²) >= 11 is 0. The molecule has 0 fully saturated rings. The van der Waals surface area contributed by atoms with Gasteiger partial charge in [-0.2, -0.15) is 5.26 Å². The van der Waals surface area contributed by atoms with Crippen molar-refractivity contribution < 1.29 is 34.2 Å². The molecule has 0 saturated heterocycles. The minimum Gasteiger partial charge on any atom is -0.303 e. The van der Waals surface area contributed by atoms with Crippen molar-refractivity contribution in [2.24, 2.45) is 0 Å². The van der Waals surface area contributed by atoms with E-state index >= 15 is 0 Å². The molecule has 0 radical (unpaired) electrons. The summed E-state index contributed by atoms with van der Waals surface area (Å²) in [6, 6.07) is 0. The highest BCUT2D eigenvalue weighted by Crippen LogP contribution is 2.25. The summed E-state index contributed by atoms with van der Waals surface area (Å²) in [7, 11) is -4.64. The zero-order valence-corrected chi connectivity index (χ0v) is 8.64. The lowest BCUT2D eigenvalue weighted by atomic mass is 10.2. The number of carbonyl (C=O) groups is 1. The van der Waals surface area contributed by atoms with Crippen LogP contribution in [-0.4, -0.2) is 25.9 Å². The molecule has 0 heterocycles. The molecule has 0 aromatic carbocycles. The molecule has 7 nitrogen and oxygen atoms in total. The highest BCUT2D eigenvalue weighted by molar-refractivity contribution is 7.45. The summed E-state index contributed by atoms with van der Waals surface area (Å²) in [5.74, 6) is -0.683. The van der Waals surface area contributed by atoms with E-state index in [1.165, 1.54) is 0 Å². The molecule has 0 unspecified atom stereocenters. The number of carbonyl (C=O) groups excluding carboxylic acids is 1. The molecular formula is C6H13O7P. The smallest absolute Gasteiger partial charge is 0.303 e. The Labute approximate surface area is 80.8 Å². The monoisotopic (exact) mass is 228 g/mol. The van der Waals surface area contributed by atoms with Gasteiger partial charge in [0.1, 0.15) is 0 Å². The fourth-order valence-electron chi connectivity index (χ4n) is 0.462. The third-order valence-electron chi connectivity index (χ3n) is 0.915. The van der Waals surface area contributed by atoms with Crippen LogP contribution >= 0.6 is 7.82 Å². The molecule has 0 atom stereocenters. The van der Waals surface area contributed by atoms with Crippen molar-refractivity contribution in [2.45, 2.75) is 20.3 Å². The molecule has 8 heteroatoms. The molecule has 0 amide bonds. The van der Waals surface area contributed by atoms with Gasteiger partial charge in [-0.25, -0.2) is 9.36 Å². The van der Waals surface area contributed by atoms with Gasteiger partial charge in [0.25, 0.3) is 0 Å². The summed E-state index contributed by atoms with van der Waals surface area (Å²) in [5.41, 5.74) is 0.431. The van der Waals surface area contributed by atoms with E-state index in [0.717, 1.165) is 6.42 Å². The van der Waals surface area contributed by atoms with Crippen molar-refractivity contribution in [1.82, 2.24) is 0 Å². The summed E-state index contributed by atoms with van der Waals surface area (Å²) in [6.45, 7) is 3.48. The third-order valence-corrected chi connectivity index (χ3v) is 0.915. The summed E-state index contributed by atoms with van der Waals surface area (Å²) in [4.78, 5) is 35.4. The Morgan fingerprint density at radius 1 is 1.43 bits per heavy atom. The van der Waals surface area contributed by atoms with E-state index in [1.54, 1.807) is 13.0 Å². The Morgan fingerprint density at radius 3 is 2.00 bits per heavy atom. The van der Waals surface area contributed by atoms with Crippen LogP contribution in [0.25, 0.3) is 0 Å². The van der Waals surface area contributed by atoms with Crippen LogP contribution in [0.4, 0.5) is 0 Å². The number of hydrogen-bond donors (Lipinski definition) is 4. The van der Waals surface area contributed by atoms with Crippen LogP contribution < -0.4 is 0 Å². The Bertz CT molecular complexity index is 232. The van der Waals surface area contributed by atoms with Gasteiger partial charge in [0.2, 0.25) is 0 Å². The number of hydrogen-bond acceptors (Lipinski definition) is 4. The molecule has 0 bridgehead atoms. The van der Waals surface area contributed by atoms with Crippen molar-refractivity contribution in [3.05, 3.63) is 11.6 Å². The first-order chi connectivity index (χ1) is 6.22. The van der Waals surface area contributed by atoms with Crippen LogP contribution in [0.1, 0.15) is 20.3 Å². The fourth-order valence-corrected chi connectivity index (χ4v) is 0.462. The van der Waals surface area contributed by atoms with Gasteiger partial charge in [-0.3, -0.25) is 4.89 Å². The SMILES string of the molecule is CCC=C(C)C(=O)OO.O=P(O)(O)O. The van der Waals surface area contributed by atoms with Gasteiger partial charge in [0.05, 0.1) is 0 Å². The molecule has 0 aliphatic carbocycles. The van der Waals surface area contributed by atoms with E-state index in [9.17, 15) is 4.79 Å². The topological polar surface area (TPSA) is 124 Å². The highest BCUT2D eigenvalue weighted by Gasteiger charge is 2.01. The van der Waals surface area contributed by atoms with Crippen LogP contribution in [0, 0.1) is 0 Å². The minimum atomic E-state index is -4.64. The first-order valence-electron chi connectivity index (χ1n) is 3.53. The molecular weight excluding hydrogens is 215 g/mol. The van der Waals surface area contributed by atoms with E-state index in [2.05, 4.69) is 4.89 Å². The third kappa shape index (κ3) is 17.4. The van der Waals surface area contributed by atoms with Crippen molar-refractivity contribution in [2.75, 3.05) is 0 Å². The number of rotatable bonds is 2. The van der Waals surface area contributed by atoms with E-state index in [-0.39, 0.29) is 0 Å². The van der Waals surface area contributed by atoms with Crippen LogP contribution in [-0.2, 0) is 14.2 Å². The molecule has 84 valence electrons. The van der Waals surface area contributed by atoms with Crippen molar-refractivity contribution in [3.63, 3.8) is 0 Å². The molecule has 0 saturated carbocycles. The zero-order chi connectivity index (χ0) is 11.8. The molecule has 0 aliphatic heterocycles. The van der Waals surface area contributed by atoms with Gasteiger partial charge in [-0.05, 0) is 13.3 Å². The average molecular weight is 228 g/mol. The fraction of sp³-hybridized carbons (Fsp3) is 0.500. The van der Waals surface area contributed by atoms with Crippen molar-refractivity contribution in [3.8, 4) is 0 Å². The van der Waals surface area contributed by atoms with Crippen LogP contribution in [0.5, 0.6) is 0 Å². The lowest BCUT2D eigenvalue weighted by molar-refractivity contribution is -0.229. The van der Waals surface area contributed by atoms with Gasteiger partial charge in [-0.15, -0.1) is 0 Å². The van der Waals surface area contributed by atoms with Gasteiger partial charge in [-0.1, -0.05) is 13.0 Å². The van der Waals surface area contributed by atoms with Gasteiger partial charge >= 0.3 is 13.8 Å². The summed E-state index contributed by atoms with van der Waals surface area (Å²) in [6.07, 6.45) is 2.44. The Kier molecular flexibility index (Phi) is 8.61. The number of allylic oxidation sites excluding steroid dienone is 1. The Morgan fingerprint density at radius 2 is 1.79 bits per heavy atom. The Hall–Kier alpha value is -0.720. The maximum Gasteiger partial charge on any atom is 0.466 e. The molecule has 0 rings (SSSR count). The molecule has 0 aliphatic rings. The largest absolute Gasteiger partial charge is 0.466 e. The first kappa shape index (κ1) is 15.7. The van der Waals surface area contributed by atoms with Gasteiger partial charge in [0.15, 0.2) is 0 Å². The molecule has 0 aromatic rings. The maximum absolute atomic E-state index is 10.4. The van der Waals surface area contributed by atoms with E-state index in [1.807, 2.05) is 6.92 Å². The molecule has 0 spiro atoms. The normalized spacial score (nSPS) is 11.4. The molecule has 4 N–H and O–H groups in total. The second kappa shape index (κ2) is 7.66. The van der Waals surface area contributed by atoms with Crippen LogP contribution in [0.15, 0.2) is 11.6 Å². The standard InChI is InChI=1S/C6H10O3.H3O4P/c1-3-4-5(2)6(7)9-8;1-5(2,3)4/h4,8H,3H2,1-2H3;(H3,1,2,3,4). The lowest BCUT2D eigenvalue weighted by Crippen LogP contribution is -2.01. The average Bonchev–Trinajstić information content (AvgIpc) is 2.00. The van der Waals surface area contributed by atoms with E-state index < -0.39 is 13.8 Å². The second-order valence-corrected chi connectivity index (χ2v) is 3.21. The van der Waals surface area contributed by atoms with Gasteiger partial charge in [0, 0.05) is 5.57 Å². The van der Waals surface area contributed by atoms with Gasteiger partial charge < -0.3 is 14.7 Å². The quantitative estimate of drug-likeness (QED) is 0.234. The molecule has 14 heavy (non-hydrogen) atoms. The number of phosphoric acid groups is 1. The van der Waals surface area contributed by atoms with Crippen LogP contribution in [0.3, 0.4) is 0 Å². The zero-order valence-electron chi connectivity index (χ0n) is 7.75. The lowest BCUT2D eigenvalue weighted by Gasteiger charge is -1.92. The van der Waals surface area contributed by atoms with Crippen LogP contribution in [0.2, 0.25) is 0 Å². The minimum absolute atomic E-state index is 0.431. The molecule has 0 aromatic heterocycles. The first-order valence-corrected chi connectivity index (χ1v) is 5.09. The summed E-state index contributed by atoms with van der Waals surface area (Å²) in [5, 5.41) is 7.84. The predicted octanol–water partition coefficient (Wildman–Crippen LogP) is 0.430. The second-order valence-electron chi connectivity index (χ2n) is 2.19. The maximum atomic E-state index is 10.4. The van der Waals surface area contributed by atoms with E-state index in [0.29, 0.717) is 5.57 Å². The van der Waals surface area contributed by atoms with E-state index in [4.69, 9.17) is 24.5 Å². The van der Waals surface area contributed by atoms with Crippen molar-refractivity contribution in [1.29, 1.82) is 0 Å². The highest BCUT2D eigenvalue weighted by atomic mass is 31.2. The predicted molar refractivity (Wildman–Crippen MR) is 47.0 cm³/mol. The van der Waals surface area contributed by atoms with Crippen molar-refractivity contribution >= 4 is 13.8 Å². The Balaban J connectivity index is 0. The summed E-state index contributed by atoms with van der Waals surface area (Å²) < 4.78 is 8.88.